The van der Waals surface area contributed by atoms with Crippen LogP contribution < -0.4 is 24.4 Å². The number of amides is 1. The molecule has 20 heteroatoms. The number of nitrogens with one attached hydrogen (secondary N) is 4. The molecule has 19 nitrogen and oxygen atoms in total. The van der Waals surface area contributed by atoms with Crippen LogP contribution in [-0.4, -0.2) is 117 Å². The molecule has 4 aliphatic rings. The normalized spacial score (nSPS) is 21.4. The number of aromatic nitrogens is 5. The van der Waals surface area contributed by atoms with Gasteiger partial charge in [-0.05, 0) is 116 Å². The molecule has 2 saturated heterocycles. The van der Waals surface area contributed by atoms with E-state index in [1.165, 1.54) is 29.2 Å². The van der Waals surface area contributed by atoms with Crippen molar-refractivity contribution < 1.29 is 32.7 Å². The van der Waals surface area contributed by atoms with Crippen molar-refractivity contribution in [2.45, 2.75) is 107 Å². The first-order valence-corrected chi connectivity index (χ1v) is 28.3. The summed E-state index contributed by atoms with van der Waals surface area (Å²) in [4.78, 5) is 52.5. The first kappa shape index (κ1) is 51.9. The number of sulfonamides is 1. The average Bonchev–Trinajstić information content (AvgIpc) is 4.20. The highest BCUT2D eigenvalue weighted by Crippen LogP contribution is 2.53. The van der Waals surface area contributed by atoms with E-state index in [9.17, 15) is 28.4 Å². The third-order valence-electron chi connectivity index (χ3n) is 16.8. The second kappa shape index (κ2) is 21.0. The number of hydrogen-bond donors (Lipinski definition) is 5. The van der Waals surface area contributed by atoms with Gasteiger partial charge >= 0.3 is 0 Å². The Morgan fingerprint density at radius 2 is 1.74 bits per heavy atom. The van der Waals surface area contributed by atoms with Crippen molar-refractivity contribution in [1.82, 2.24) is 39.4 Å². The molecule has 1 atom stereocenters. The fourth-order valence-electron chi connectivity index (χ4n) is 12.4. The molecule has 77 heavy (non-hydrogen) atoms. The number of benzene rings is 3. The molecular weight excluding hydrogens is 999 g/mol. The Kier molecular flexibility index (Phi) is 14.2. The zero-order valence-electron chi connectivity index (χ0n) is 44.0. The number of piperazine rings is 1. The molecule has 1 spiro atoms. The fraction of sp³-hybridized carbons (Fsp3) is 0.439. The van der Waals surface area contributed by atoms with Crippen LogP contribution in [0.2, 0.25) is 0 Å². The second-order valence-corrected chi connectivity index (χ2v) is 24.0. The SMILES string of the molecule is COc1ccc(CN2CCN(C3CC4(CCN(c5ccc(C(=O)NS(=O)(=O)c6cc([N+](=O)[O-])c(NC[C@H]7CC[C@](C)(O)CC7)c7[nH]cnc67)c(Oc6cnc7[nH]ccc7c6)c5)CC4)C3)C(c3ccccc3C(C)C)C2)cn1. The summed E-state index contributed by atoms with van der Waals surface area (Å²) in [7, 11) is -3.13. The smallest absolute Gasteiger partial charge is 0.296 e. The number of piperidine rings is 1. The number of imidazole rings is 1. The number of pyridine rings is 2. The predicted molar refractivity (Wildman–Crippen MR) is 294 cm³/mol. The van der Waals surface area contributed by atoms with Gasteiger partial charge in [-0.2, -0.15) is 0 Å². The number of anilines is 2. The minimum atomic E-state index is -4.77. The number of aromatic amines is 2. The van der Waals surface area contributed by atoms with E-state index in [2.05, 4.69) is 93.8 Å². The van der Waals surface area contributed by atoms with Gasteiger partial charge in [-0.1, -0.05) is 44.2 Å². The Morgan fingerprint density at radius 1 is 0.948 bits per heavy atom. The van der Waals surface area contributed by atoms with Crippen molar-refractivity contribution in [2.75, 3.05) is 56.6 Å². The van der Waals surface area contributed by atoms with Gasteiger partial charge in [-0.15, -0.1) is 0 Å². The van der Waals surface area contributed by atoms with E-state index >= 15 is 0 Å². The van der Waals surface area contributed by atoms with Crippen LogP contribution in [0.3, 0.4) is 0 Å². The molecule has 2 aliphatic heterocycles. The van der Waals surface area contributed by atoms with Gasteiger partial charge in [0, 0.05) is 99.6 Å². The lowest BCUT2D eigenvalue weighted by molar-refractivity contribution is -0.384. The van der Waals surface area contributed by atoms with Crippen molar-refractivity contribution in [3.05, 3.63) is 130 Å². The quantitative estimate of drug-likeness (QED) is 0.0448. The summed E-state index contributed by atoms with van der Waals surface area (Å²) in [5, 5.41) is 27.0. The summed E-state index contributed by atoms with van der Waals surface area (Å²) in [5.41, 5.74) is 4.51. The molecule has 404 valence electrons. The van der Waals surface area contributed by atoms with Gasteiger partial charge in [0.2, 0.25) is 5.88 Å². The second-order valence-electron chi connectivity index (χ2n) is 22.3. The largest absolute Gasteiger partial charge is 0.481 e. The molecule has 7 aromatic rings. The Morgan fingerprint density at radius 3 is 2.48 bits per heavy atom. The van der Waals surface area contributed by atoms with Crippen molar-refractivity contribution in [3.63, 3.8) is 0 Å². The van der Waals surface area contributed by atoms with Crippen molar-refractivity contribution >= 4 is 55.1 Å². The highest BCUT2D eigenvalue weighted by Gasteiger charge is 2.50. The first-order chi connectivity index (χ1) is 37.0. The third-order valence-corrected chi connectivity index (χ3v) is 18.2. The van der Waals surface area contributed by atoms with Gasteiger partial charge in [-0.3, -0.25) is 24.7 Å². The predicted octanol–water partition coefficient (Wildman–Crippen LogP) is 9.45. The van der Waals surface area contributed by atoms with Gasteiger partial charge in [0.25, 0.3) is 21.6 Å². The monoisotopic (exact) mass is 1070 g/mol. The maximum Gasteiger partial charge on any atom is 0.296 e. The van der Waals surface area contributed by atoms with E-state index in [4.69, 9.17) is 9.47 Å². The van der Waals surface area contributed by atoms with E-state index in [0.29, 0.717) is 48.6 Å². The van der Waals surface area contributed by atoms with E-state index < -0.39 is 37.0 Å². The lowest BCUT2D eigenvalue weighted by Crippen LogP contribution is -2.60. The molecule has 0 bridgehead atoms. The highest BCUT2D eigenvalue weighted by molar-refractivity contribution is 7.90. The average molecular weight is 1070 g/mol. The van der Waals surface area contributed by atoms with Crippen LogP contribution in [0.1, 0.15) is 111 Å². The van der Waals surface area contributed by atoms with Crippen LogP contribution in [-0.2, 0) is 16.6 Å². The standard InChI is InChI=1S/C57H67N11O8S/c1-36(2)43-7-5-6-8-44(43)47-34-65(33-38-9-12-50(75-4)59-31-38)23-24-67(47)41-28-57(29-41)18-21-66(22-19-57)40-10-11-45(48(26-40)76-42-25-39-15-20-58-54(39)61-32-42)55(69)64-77(73,74)49-27-46(68(71)72)51(53-52(49)62-35-63-53)60-30-37-13-16-56(3,70)17-14-37/h5-12,15,20,25-27,31-32,35-37,41,47,60,70H,13-14,16-19,21-24,28-30,33-34H2,1-4H3,(H,58,61)(H,62,63)(H,64,69)/t37-,47?,56-. The fourth-order valence-corrected chi connectivity index (χ4v) is 13.6. The van der Waals surface area contributed by atoms with Crippen LogP contribution in [0.4, 0.5) is 17.1 Å². The van der Waals surface area contributed by atoms with Gasteiger partial charge < -0.3 is 34.8 Å². The molecule has 0 radical (unpaired) electrons. The molecule has 4 fully saturated rings. The van der Waals surface area contributed by atoms with Crippen LogP contribution in [0.25, 0.3) is 22.1 Å². The maximum absolute atomic E-state index is 14.4. The summed E-state index contributed by atoms with van der Waals surface area (Å²) in [6, 6.07) is 23.4. The molecule has 4 aromatic heterocycles. The van der Waals surface area contributed by atoms with Gasteiger partial charge in [-0.25, -0.2) is 28.1 Å². The lowest BCUT2D eigenvalue weighted by Gasteiger charge is -2.58. The van der Waals surface area contributed by atoms with Crippen LogP contribution >= 0.6 is 0 Å². The molecular formula is C57H67N11O8S. The van der Waals surface area contributed by atoms with Crippen molar-refractivity contribution in [2.24, 2.45) is 11.3 Å². The van der Waals surface area contributed by atoms with Gasteiger partial charge in [0.1, 0.15) is 33.2 Å². The molecule has 2 saturated carbocycles. The zero-order valence-corrected chi connectivity index (χ0v) is 44.8. The number of aliphatic hydroxyl groups is 1. The summed E-state index contributed by atoms with van der Waals surface area (Å²) < 4.78 is 42.6. The Hall–Kier alpha value is -7.13. The van der Waals surface area contributed by atoms with E-state index in [1.54, 1.807) is 38.4 Å². The van der Waals surface area contributed by atoms with E-state index in [-0.39, 0.29) is 45.4 Å². The number of carbonyl (C=O) groups excluding carboxylic acids is 1. The summed E-state index contributed by atoms with van der Waals surface area (Å²) in [5.74, 6) is 0.623. The number of H-pyrrole nitrogens is 2. The number of methoxy groups -OCH3 is 1. The van der Waals surface area contributed by atoms with Crippen LogP contribution in [0.5, 0.6) is 17.4 Å². The summed E-state index contributed by atoms with van der Waals surface area (Å²) in [6.07, 6.45) is 13.4. The molecule has 1 amide bonds. The number of nitro benzene ring substituents is 1. The lowest BCUT2D eigenvalue weighted by atomic mass is 9.59. The molecule has 2 aliphatic carbocycles. The van der Waals surface area contributed by atoms with E-state index in [0.717, 1.165) is 94.9 Å². The molecule has 3 aromatic carbocycles. The minimum absolute atomic E-state index is 0.0614. The number of hydrogen-bond acceptors (Lipinski definition) is 15. The Bertz CT molecular complexity index is 3410. The van der Waals surface area contributed by atoms with E-state index in [1.807, 2.05) is 24.4 Å². The Labute approximate surface area is 448 Å². The zero-order chi connectivity index (χ0) is 53.6. The molecule has 6 heterocycles. The van der Waals surface area contributed by atoms with Crippen LogP contribution in [0, 0.1) is 21.4 Å². The van der Waals surface area contributed by atoms with Gasteiger partial charge in [0.15, 0.2) is 0 Å². The molecule has 11 rings (SSSR count). The topological polar surface area (TPSA) is 237 Å². The molecule has 1 unspecified atom stereocenters. The number of nitrogens with zero attached hydrogens (tertiary/aromatic N) is 7. The highest BCUT2D eigenvalue weighted by atomic mass is 32.2. The number of carbonyl (C=O) groups is 1. The molecule has 5 N–H and O–H groups in total. The summed E-state index contributed by atoms with van der Waals surface area (Å²) in [6.45, 7) is 12.0. The number of fused-ring (bicyclic) bond motifs is 2. The van der Waals surface area contributed by atoms with Gasteiger partial charge in [0.05, 0.1) is 41.2 Å². The van der Waals surface area contributed by atoms with Crippen LogP contribution in [0.15, 0.2) is 103 Å². The number of nitro groups is 1. The minimum Gasteiger partial charge on any atom is -0.481 e. The number of ether oxygens (including phenoxy) is 2. The third kappa shape index (κ3) is 10.8. The summed E-state index contributed by atoms with van der Waals surface area (Å²) >= 11 is 0. The van der Waals surface area contributed by atoms with Crippen molar-refractivity contribution in [3.8, 4) is 17.4 Å². The Balaban J connectivity index is 0.804. The van der Waals surface area contributed by atoms with Crippen molar-refractivity contribution in [1.29, 1.82) is 0 Å². The first-order valence-electron chi connectivity index (χ1n) is 26.8. The number of rotatable bonds is 16. The maximum atomic E-state index is 14.4.